The van der Waals surface area contributed by atoms with Crippen LogP contribution >= 0.6 is 0 Å². The van der Waals surface area contributed by atoms with Crippen molar-refractivity contribution in [1.82, 2.24) is 0 Å². The maximum Gasteiger partial charge on any atom is 1.00 e. The van der Waals surface area contributed by atoms with Gasteiger partial charge in [-0.05, 0) is 41.8 Å². The summed E-state index contributed by atoms with van der Waals surface area (Å²) in [5.41, 5.74) is 4.01. The average molecular weight is 568 g/mol. The largest absolute Gasteiger partial charge is 1.00 e. The Morgan fingerprint density at radius 3 is 1.83 bits per heavy atom. The SMILES string of the molecule is Nc1ccc(C(=O)Nc2cc(S(=O)(=O)[O-])cc3cccc(S(=O)(=O)[O-])c23)c(S(=O)(=O)[O-])c1.[Na+].[Na+].[Na+]. The summed E-state index contributed by atoms with van der Waals surface area (Å²) < 4.78 is 104. The summed E-state index contributed by atoms with van der Waals surface area (Å²) in [5, 5.41) is 1.45. The first kappa shape index (κ1) is 34.9. The maximum absolute atomic E-state index is 12.7. The molecule has 0 aromatic heterocycles. The second-order valence-corrected chi connectivity index (χ2v) is 10.5. The minimum atomic E-state index is -5.18. The number of fused-ring (bicyclic) bond motifs is 1. The number of nitrogens with one attached hydrogen (secondary N) is 1. The van der Waals surface area contributed by atoms with Crippen LogP contribution in [0.1, 0.15) is 10.4 Å². The number of nitrogen functional groups attached to an aromatic ring is 1. The second kappa shape index (κ2) is 12.6. The first-order valence-electron chi connectivity index (χ1n) is 8.24. The molecule has 18 heteroatoms. The number of benzene rings is 3. The van der Waals surface area contributed by atoms with E-state index in [0.717, 1.165) is 36.4 Å². The fourth-order valence-electron chi connectivity index (χ4n) is 2.94. The molecule has 0 aliphatic heterocycles. The molecule has 0 spiro atoms. The van der Waals surface area contributed by atoms with Crippen molar-refractivity contribution >= 4 is 58.4 Å². The molecule has 3 rings (SSSR count). The number of rotatable bonds is 5. The van der Waals surface area contributed by atoms with Gasteiger partial charge in [-0.3, -0.25) is 4.79 Å². The van der Waals surface area contributed by atoms with Crippen LogP contribution in [0, 0.1) is 0 Å². The van der Waals surface area contributed by atoms with Crippen molar-refractivity contribution in [3.63, 3.8) is 0 Å². The van der Waals surface area contributed by atoms with Crippen molar-refractivity contribution in [2.75, 3.05) is 11.1 Å². The molecule has 12 nitrogen and oxygen atoms in total. The van der Waals surface area contributed by atoms with Gasteiger partial charge in [0.05, 0.1) is 25.9 Å². The van der Waals surface area contributed by atoms with Crippen molar-refractivity contribution in [3.05, 3.63) is 54.1 Å². The minimum absolute atomic E-state index is 0. The standard InChI is InChI=1S/C17H14N2O10S3.3Na/c18-10-4-5-12(15(7-10)32(27,28)29)17(20)19-13-8-11(30(21,22)23)6-9-2-1-3-14(16(9)13)31(24,25)26;;;/h1-8H,18H2,(H,19,20)(H,21,22,23)(H,24,25,26)(H,27,28,29);;;/q;3*+1/p-3. The molecule has 0 heterocycles. The van der Waals surface area contributed by atoms with E-state index in [9.17, 15) is 43.7 Å². The van der Waals surface area contributed by atoms with Gasteiger partial charge in [0, 0.05) is 11.1 Å². The van der Waals surface area contributed by atoms with E-state index < -0.39 is 67.6 Å². The molecule has 170 valence electrons. The van der Waals surface area contributed by atoms with Crippen molar-refractivity contribution in [2.45, 2.75) is 14.7 Å². The molecule has 0 bridgehead atoms. The predicted octanol–water partition coefficient (Wildman–Crippen LogP) is -8.60. The minimum Gasteiger partial charge on any atom is -0.744 e. The number of hydrogen-bond donors (Lipinski definition) is 2. The van der Waals surface area contributed by atoms with Crippen LogP contribution in [0.25, 0.3) is 10.8 Å². The first-order chi connectivity index (χ1) is 14.6. The Kier molecular flexibility index (Phi) is 12.6. The molecule has 3 aromatic carbocycles. The van der Waals surface area contributed by atoms with Crippen molar-refractivity contribution in [2.24, 2.45) is 0 Å². The monoisotopic (exact) mass is 568 g/mol. The van der Waals surface area contributed by atoms with Crippen LogP contribution in [0.5, 0.6) is 0 Å². The molecular formula is C17H11N2Na3O10S3. The summed E-state index contributed by atoms with van der Waals surface area (Å²) in [5.74, 6) is -1.28. The molecule has 0 radical (unpaired) electrons. The number of amides is 1. The molecule has 0 saturated heterocycles. The fourth-order valence-corrected chi connectivity index (χ4v) is 4.91. The van der Waals surface area contributed by atoms with Crippen molar-refractivity contribution < 1.29 is 132 Å². The molecule has 0 aliphatic rings. The molecule has 35 heavy (non-hydrogen) atoms. The summed E-state index contributed by atoms with van der Waals surface area (Å²) in [7, 11) is -15.4. The van der Waals surface area contributed by atoms with Crippen LogP contribution in [0.2, 0.25) is 0 Å². The van der Waals surface area contributed by atoms with Crippen LogP contribution in [0.15, 0.2) is 63.2 Å². The van der Waals surface area contributed by atoms with Gasteiger partial charge in [-0.2, -0.15) is 0 Å². The Morgan fingerprint density at radius 2 is 1.31 bits per heavy atom. The molecule has 1 amide bonds. The van der Waals surface area contributed by atoms with Gasteiger partial charge in [-0.1, -0.05) is 12.1 Å². The van der Waals surface area contributed by atoms with Crippen LogP contribution in [-0.4, -0.2) is 44.8 Å². The van der Waals surface area contributed by atoms with Gasteiger partial charge in [0.25, 0.3) is 5.91 Å². The Bertz CT molecular complexity index is 1610. The van der Waals surface area contributed by atoms with Gasteiger partial charge in [0.2, 0.25) is 0 Å². The van der Waals surface area contributed by atoms with Gasteiger partial charge < -0.3 is 24.7 Å². The Balaban J connectivity index is 0.00000385. The smallest absolute Gasteiger partial charge is 0.744 e. The van der Waals surface area contributed by atoms with Crippen molar-refractivity contribution in [3.8, 4) is 0 Å². The number of nitrogens with two attached hydrogens (primary N) is 1. The molecule has 0 atom stereocenters. The van der Waals surface area contributed by atoms with E-state index in [2.05, 4.69) is 5.32 Å². The summed E-state index contributed by atoms with van der Waals surface area (Å²) >= 11 is 0. The summed E-state index contributed by atoms with van der Waals surface area (Å²) in [6, 6.07) is 7.33. The molecular weight excluding hydrogens is 557 g/mol. The zero-order valence-corrected chi connectivity index (χ0v) is 27.0. The summed E-state index contributed by atoms with van der Waals surface area (Å²) in [4.78, 5) is 10.0. The van der Waals surface area contributed by atoms with E-state index in [1.165, 1.54) is 6.07 Å². The molecule has 0 aliphatic carbocycles. The predicted molar refractivity (Wildman–Crippen MR) is 107 cm³/mol. The fraction of sp³-hybridized carbons (Fsp3) is 0. The number of hydrogen-bond acceptors (Lipinski definition) is 11. The van der Waals surface area contributed by atoms with Gasteiger partial charge in [-0.15, -0.1) is 0 Å². The summed E-state index contributed by atoms with van der Waals surface area (Å²) in [6.45, 7) is 0. The third-order valence-corrected chi connectivity index (χ3v) is 6.81. The third-order valence-electron chi connectivity index (χ3n) is 4.24. The molecule has 0 fully saturated rings. The Labute approximate surface area is 267 Å². The summed E-state index contributed by atoms with van der Waals surface area (Å²) in [6.07, 6.45) is 0. The van der Waals surface area contributed by atoms with Gasteiger partial charge in [0.15, 0.2) is 0 Å². The van der Waals surface area contributed by atoms with Crippen LogP contribution in [0.4, 0.5) is 11.4 Å². The van der Waals surface area contributed by atoms with E-state index >= 15 is 0 Å². The van der Waals surface area contributed by atoms with E-state index in [0.29, 0.717) is 6.07 Å². The van der Waals surface area contributed by atoms with Gasteiger partial charge >= 0.3 is 88.7 Å². The second-order valence-electron chi connectivity index (χ2n) is 6.40. The molecule has 0 saturated carbocycles. The van der Waals surface area contributed by atoms with E-state index in [4.69, 9.17) is 5.73 Å². The van der Waals surface area contributed by atoms with Gasteiger partial charge in [0.1, 0.15) is 30.4 Å². The molecule has 3 N–H and O–H groups in total. The van der Waals surface area contributed by atoms with Crippen molar-refractivity contribution in [1.29, 1.82) is 0 Å². The number of anilines is 2. The zero-order chi connectivity index (χ0) is 24.1. The topological polar surface area (TPSA) is 227 Å². The average Bonchev–Trinajstić information content (AvgIpc) is 2.65. The molecule has 0 unspecified atom stereocenters. The quantitative estimate of drug-likeness (QED) is 0.167. The Hall–Kier alpha value is -0.0800. The first-order valence-corrected chi connectivity index (χ1v) is 12.5. The maximum atomic E-state index is 12.7. The normalized spacial score (nSPS) is 11.5. The van der Waals surface area contributed by atoms with E-state index in [1.54, 1.807) is 0 Å². The Morgan fingerprint density at radius 1 is 0.743 bits per heavy atom. The number of carbonyl (C=O) groups is 1. The third kappa shape index (κ3) is 8.20. The van der Waals surface area contributed by atoms with Gasteiger partial charge in [-0.25, -0.2) is 25.3 Å². The zero-order valence-electron chi connectivity index (χ0n) is 18.5. The van der Waals surface area contributed by atoms with E-state index in [1.807, 2.05) is 0 Å². The molecule has 3 aromatic rings. The van der Waals surface area contributed by atoms with Crippen LogP contribution in [0.3, 0.4) is 0 Å². The van der Waals surface area contributed by atoms with E-state index in [-0.39, 0.29) is 99.7 Å². The number of carbonyl (C=O) groups excluding carboxylic acids is 1. The van der Waals surface area contributed by atoms with Crippen LogP contribution in [-0.2, 0) is 30.4 Å². The van der Waals surface area contributed by atoms with Crippen LogP contribution < -0.4 is 99.7 Å².